The maximum atomic E-state index is 13.1. The first-order valence-electron chi connectivity index (χ1n) is 8.97. The summed E-state index contributed by atoms with van der Waals surface area (Å²) < 4.78 is 18.4. The topological polar surface area (TPSA) is 129 Å². The SMILES string of the molecule is Cc1sc2ncn(CC3CCCO3)c(=O)c2c1C(=O)Nc1ccc(S(N)=O)nc1. The van der Waals surface area contributed by atoms with Crippen LogP contribution in [0.4, 0.5) is 5.69 Å². The normalized spacial score (nSPS) is 17.5. The molecule has 1 fully saturated rings. The number of carbonyl (C=O) groups excluding carboxylic acids is 1. The second kappa shape index (κ2) is 8.11. The Morgan fingerprint density at radius 2 is 2.28 bits per heavy atom. The van der Waals surface area contributed by atoms with Crippen LogP contribution in [0.2, 0.25) is 0 Å². The highest BCUT2D eigenvalue weighted by Gasteiger charge is 2.23. The summed E-state index contributed by atoms with van der Waals surface area (Å²) >= 11 is 1.30. The molecule has 1 aliphatic heterocycles. The van der Waals surface area contributed by atoms with Crippen LogP contribution in [0.15, 0.2) is 34.5 Å². The molecule has 2 atom stereocenters. The second-order valence-electron chi connectivity index (χ2n) is 6.69. The van der Waals surface area contributed by atoms with Gasteiger partial charge in [0.1, 0.15) is 20.8 Å². The van der Waals surface area contributed by atoms with E-state index in [1.54, 1.807) is 13.0 Å². The Morgan fingerprint density at radius 1 is 1.45 bits per heavy atom. The molecule has 3 aromatic heterocycles. The Morgan fingerprint density at radius 3 is 2.93 bits per heavy atom. The van der Waals surface area contributed by atoms with Gasteiger partial charge in [-0.3, -0.25) is 14.2 Å². The van der Waals surface area contributed by atoms with Crippen LogP contribution in [0.1, 0.15) is 28.1 Å². The Balaban J connectivity index is 1.66. The van der Waals surface area contributed by atoms with Crippen molar-refractivity contribution in [3.63, 3.8) is 0 Å². The average Bonchev–Trinajstić information content (AvgIpc) is 3.31. The maximum Gasteiger partial charge on any atom is 0.262 e. The van der Waals surface area contributed by atoms with Gasteiger partial charge in [0.2, 0.25) is 0 Å². The van der Waals surface area contributed by atoms with Crippen LogP contribution in [0.3, 0.4) is 0 Å². The predicted molar refractivity (Wildman–Crippen MR) is 110 cm³/mol. The number of fused-ring (bicyclic) bond motifs is 1. The molecule has 0 aromatic carbocycles. The number of hydrogen-bond donors (Lipinski definition) is 2. The van der Waals surface area contributed by atoms with E-state index in [1.165, 1.54) is 34.5 Å². The molecule has 2 unspecified atom stereocenters. The van der Waals surface area contributed by atoms with Crippen molar-refractivity contribution in [2.45, 2.75) is 37.4 Å². The summed E-state index contributed by atoms with van der Waals surface area (Å²) in [4.78, 5) is 35.5. The van der Waals surface area contributed by atoms with Gasteiger partial charge in [-0.25, -0.2) is 19.3 Å². The van der Waals surface area contributed by atoms with Crippen LogP contribution in [0.25, 0.3) is 10.2 Å². The van der Waals surface area contributed by atoms with Gasteiger partial charge in [0.15, 0.2) is 0 Å². The van der Waals surface area contributed by atoms with Crippen molar-refractivity contribution < 1.29 is 13.7 Å². The third kappa shape index (κ3) is 3.99. The molecule has 0 aliphatic carbocycles. The molecule has 3 N–H and O–H groups in total. The van der Waals surface area contributed by atoms with E-state index in [1.807, 2.05) is 0 Å². The molecule has 1 aliphatic rings. The minimum absolute atomic E-state index is 0.0124. The third-order valence-corrected chi connectivity index (χ3v) is 6.37. The maximum absolute atomic E-state index is 13.1. The third-order valence-electron chi connectivity index (χ3n) is 4.71. The molecule has 1 saturated heterocycles. The van der Waals surface area contributed by atoms with E-state index in [-0.39, 0.29) is 16.7 Å². The van der Waals surface area contributed by atoms with Crippen molar-refractivity contribution in [2.24, 2.45) is 5.14 Å². The molecule has 1 amide bonds. The molecule has 0 spiro atoms. The lowest BCUT2D eigenvalue weighted by Crippen LogP contribution is -2.27. The van der Waals surface area contributed by atoms with E-state index in [2.05, 4.69) is 15.3 Å². The number of hydrogen-bond acceptors (Lipinski definition) is 7. The van der Waals surface area contributed by atoms with Crippen molar-refractivity contribution in [2.75, 3.05) is 11.9 Å². The molecule has 0 saturated carbocycles. The summed E-state index contributed by atoms with van der Waals surface area (Å²) in [5.41, 5.74) is 0.453. The molecule has 4 rings (SSSR count). The number of aromatic nitrogens is 3. The number of thiophene rings is 1. The van der Waals surface area contributed by atoms with Crippen molar-refractivity contribution in [1.29, 1.82) is 0 Å². The molecule has 3 aromatic rings. The molecule has 0 radical (unpaired) electrons. The number of rotatable bonds is 5. The van der Waals surface area contributed by atoms with Crippen molar-refractivity contribution >= 4 is 44.1 Å². The summed E-state index contributed by atoms with van der Waals surface area (Å²) in [7, 11) is -1.69. The number of aryl methyl sites for hydroxylation is 1. The summed E-state index contributed by atoms with van der Waals surface area (Å²) in [6.07, 6.45) is 4.75. The lowest BCUT2D eigenvalue weighted by atomic mass is 10.1. The van der Waals surface area contributed by atoms with Gasteiger partial charge >= 0.3 is 0 Å². The van der Waals surface area contributed by atoms with Crippen LogP contribution >= 0.6 is 11.3 Å². The summed E-state index contributed by atoms with van der Waals surface area (Å²) in [6, 6.07) is 3.03. The standard InChI is InChI=1S/C18H19N5O4S2/c1-10-14(16(24)22-11-4-5-13(20-7-11)29(19)26)15-17(28-10)21-9-23(18(15)25)8-12-3-2-6-27-12/h4-5,7,9,12H,2-3,6,8,19H2,1H3,(H,22,24). The van der Waals surface area contributed by atoms with E-state index in [9.17, 15) is 13.8 Å². The Bertz CT molecular complexity index is 1150. The van der Waals surface area contributed by atoms with E-state index in [0.717, 1.165) is 12.8 Å². The zero-order valence-electron chi connectivity index (χ0n) is 15.6. The summed E-state index contributed by atoms with van der Waals surface area (Å²) in [5.74, 6) is -0.425. The Kier molecular flexibility index (Phi) is 5.54. The van der Waals surface area contributed by atoms with Crippen LogP contribution in [-0.4, -0.2) is 37.4 Å². The molecule has 11 heteroatoms. The number of amides is 1. The molecule has 9 nitrogen and oxygen atoms in total. The monoisotopic (exact) mass is 433 g/mol. The van der Waals surface area contributed by atoms with Crippen LogP contribution in [0, 0.1) is 6.92 Å². The molecular formula is C18H19N5O4S2. The average molecular weight is 434 g/mol. The first kappa shape index (κ1) is 19.8. The fourth-order valence-electron chi connectivity index (χ4n) is 3.32. The zero-order valence-corrected chi connectivity index (χ0v) is 17.2. The van der Waals surface area contributed by atoms with Gasteiger partial charge in [0.25, 0.3) is 11.5 Å². The molecule has 4 heterocycles. The van der Waals surface area contributed by atoms with Gasteiger partial charge in [-0.1, -0.05) is 0 Å². The van der Waals surface area contributed by atoms with Crippen molar-refractivity contribution in [3.8, 4) is 0 Å². The van der Waals surface area contributed by atoms with Crippen LogP contribution in [-0.2, 0) is 22.3 Å². The lowest BCUT2D eigenvalue weighted by Gasteiger charge is -2.11. The van der Waals surface area contributed by atoms with E-state index >= 15 is 0 Å². The van der Waals surface area contributed by atoms with E-state index < -0.39 is 16.9 Å². The highest BCUT2D eigenvalue weighted by molar-refractivity contribution is 7.82. The van der Waals surface area contributed by atoms with Crippen molar-refractivity contribution in [3.05, 3.63) is 45.5 Å². The Labute approximate surface area is 172 Å². The minimum atomic E-state index is -1.69. The summed E-state index contributed by atoms with van der Waals surface area (Å²) in [6.45, 7) is 2.90. The first-order valence-corrected chi connectivity index (χ1v) is 11.0. The number of nitrogens with two attached hydrogens (primary N) is 1. The second-order valence-corrected chi connectivity index (χ2v) is 8.90. The Hall–Kier alpha value is -2.47. The van der Waals surface area contributed by atoms with Gasteiger partial charge in [-0.05, 0) is 31.9 Å². The fourth-order valence-corrected chi connectivity index (χ4v) is 4.65. The van der Waals surface area contributed by atoms with Crippen LogP contribution in [0.5, 0.6) is 0 Å². The molecule has 152 valence electrons. The minimum Gasteiger partial charge on any atom is -0.376 e. The van der Waals surface area contributed by atoms with Gasteiger partial charge in [0, 0.05) is 11.5 Å². The van der Waals surface area contributed by atoms with Gasteiger partial charge in [-0.15, -0.1) is 11.3 Å². The summed E-state index contributed by atoms with van der Waals surface area (Å²) in [5, 5.41) is 8.53. The smallest absolute Gasteiger partial charge is 0.262 e. The lowest BCUT2D eigenvalue weighted by molar-refractivity contribution is 0.0960. The van der Waals surface area contributed by atoms with E-state index in [0.29, 0.717) is 39.5 Å². The number of nitrogens with zero attached hydrogens (tertiary/aromatic N) is 3. The number of carbonyl (C=O) groups is 1. The van der Waals surface area contributed by atoms with Crippen LogP contribution < -0.4 is 16.0 Å². The number of pyridine rings is 1. The number of nitrogens with one attached hydrogen (secondary N) is 1. The van der Waals surface area contributed by atoms with E-state index in [4.69, 9.17) is 9.88 Å². The quantitative estimate of drug-likeness (QED) is 0.628. The van der Waals surface area contributed by atoms with Gasteiger partial charge in [0.05, 0.1) is 41.8 Å². The fraction of sp³-hybridized carbons (Fsp3) is 0.333. The van der Waals surface area contributed by atoms with Gasteiger partial charge in [-0.2, -0.15) is 0 Å². The number of anilines is 1. The highest BCUT2D eigenvalue weighted by Crippen LogP contribution is 2.28. The molecular weight excluding hydrogens is 414 g/mol. The number of ether oxygens (including phenoxy) is 1. The molecule has 0 bridgehead atoms. The van der Waals surface area contributed by atoms with Gasteiger partial charge < -0.3 is 10.1 Å². The predicted octanol–water partition coefficient (Wildman–Crippen LogP) is 1.57. The molecule has 29 heavy (non-hydrogen) atoms. The highest BCUT2D eigenvalue weighted by atomic mass is 32.2. The van der Waals surface area contributed by atoms with Crippen molar-refractivity contribution in [1.82, 2.24) is 14.5 Å². The first-order chi connectivity index (χ1) is 13.9. The zero-order chi connectivity index (χ0) is 20.5. The largest absolute Gasteiger partial charge is 0.376 e.